The van der Waals surface area contributed by atoms with Crippen LogP contribution >= 0.6 is 0 Å². The van der Waals surface area contributed by atoms with Crippen molar-refractivity contribution in [3.63, 3.8) is 0 Å². The van der Waals surface area contributed by atoms with Crippen LogP contribution in [0.5, 0.6) is 0 Å². The molecule has 0 aliphatic heterocycles. The number of hydrogen-bond acceptors (Lipinski definition) is 10. The molecule has 1 amide bonds. The fourth-order valence-electron chi connectivity index (χ4n) is 5.14. The number of rotatable bonds is 9. The SMILES string of the molecule is Cc1ncc(Nc2nc(N[C@@H]3CCC[C@@H](OCc4ccccc4)[C@@H]3NC(=O)OC(C)(C)C)c(F)cc2C#N)cc1-n1nccn1. The fraction of sp³-hybridized carbons (Fsp3) is 0.375. The van der Waals surface area contributed by atoms with Gasteiger partial charge >= 0.3 is 6.09 Å². The first-order valence-electron chi connectivity index (χ1n) is 14.7. The number of hydrogen-bond donors (Lipinski definition) is 3. The van der Waals surface area contributed by atoms with Crippen LogP contribution in [0, 0.1) is 24.1 Å². The molecule has 1 saturated carbocycles. The van der Waals surface area contributed by atoms with Crippen LogP contribution in [-0.4, -0.2) is 54.8 Å². The lowest BCUT2D eigenvalue weighted by Gasteiger charge is -2.39. The van der Waals surface area contributed by atoms with Gasteiger partial charge in [0.2, 0.25) is 0 Å². The molecule has 234 valence electrons. The third kappa shape index (κ3) is 8.10. The predicted octanol–water partition coefficient (Wildman–Crippen LogP) is 5.56. The molecule has 3 atom stereocenters. The zero-order valence-corrected chi connectivity index (χ0v) is 25.6. The summed E-state index contributed by atoms with van der Waals surface area (Å²) in [6.45, 7) is 7.53. The Hall–Kier alpha value is -5.09. The van der Waals surface area contributed by atoms with E-state index in [9.17, 15) is 10.1 Å². The van der Waals surface area contributed by atoms with Gasteiger partial charge in [0.1, 0.15) is 17.4 Å². The predicted molar refractivity (Wildman–Crippen MR) is 166 cm³/mol. The Morgan fingerprint density at radius 1 is 1.13 bits per heavy atom. The molecule has 1 fully saturated rings. The maximum atomic E-state index is 15.4. The van der Waals surface area contributed by atoms with Crippen LogP contribution in [-0.2, 0) is 16.1 Å². The number of aryl methyl sites for hydroxylation is 1. The first-order chi connectivity index (χ1) is 21.6. The summed E-state index contributed by atoms with van der Waals surface area (Å²) in [6.07, 6.45) is 5.79. The summed E-state index contributed by atoms with van der Waals surface area (Å²) in [5.74, 6) is -0.644. The molecule has 45 heavy (non-hydrogen) atoms. The van der Waals surface area contributed by atoms with Gasteiger partial charge < -0.3 is 25.4 Å². The summed E-state index contributed by atoms with van der Waals surface area (Å²) >= 11 is 0. The fourth-order valence-corrected chi connectivity index (χ4v) is 5.14. The van der Waals surface area contributed by atoms with Crippen molar-refractivity contribution in [3.05, 3.63) is 83.7 Å². The van der Waals surface area contributed by atoms with Crippen LogP contribution in [0.4, 0.5) is 26.5 Å². The molecule has 1 aromatic carbocycles. The van der Waals surface area contributed by atoms with Crippen molar-refractivity contribution in [3.8, 4) is 11.8 Å². The van der Waals surface area contributed by atoms with Crippen LogP contribution < -0.4 is 16.0 Å². The lowest BCUT2D eigenvalue weighted by molar-refractivity contribution is -0.0146. The molecule has 0 saturated heterocycles. The number of ether oxygens (including phenoxy) is 2. The molecule has 3 aromatic heterocycles. The van der Waals surface area contributed by atoms with E-state index in [0.29, 0.717) is 36.5 Å². The van der Waals surface area contributed by atoms with Crippen molar-refractivity contribution < 1.29 is 18.7 Å². The van der Waals surface area contributed by atoms with Crippen LogP contribution in [0.2, 0.25) is 0 Å². The number of aromatic nitrogens is 5. The van der Waals surface area contributed by atoms with Crippen molar-refractivity contribution in [2.45, 2.75) is 77.4 Å². The number of amides is 1. The maximum Gasteiger partial charge on any atom is 0.408 e. The lowest BCUT2D eigenvalue weighted by atomic mass is 9.87. The van der Waals surface area contributed by atoms with E-state index < -0.39 is 29.6 Å². The summed E-state index contributed by atoms with van der Waals surface area (Å²) in [4.78, 5) is 23.2. The van der Waals surface area contributed by atoms with Gasteiger partial charge in [0.05, 0.1) is 60.3 Å². The average molecular weight is 614 g/mol. The molecule has 3 heterocycles. The molecule has 0 spiro atoms. The number of nitriles is 1. The number of carbonyl (C=O) groups excluding carboxylic acids is 1. The normalized spacial score (nSPS) is 18.1. The molecule has 1 aliphatic carbocycles. The van der Waals surface area contributed by atoms with E-state index in [1.54, 1.807) is 45.4 Å². The van der Waals surface area contributed by atoms with Crippen LogP contribution in [0.1, 0.15) is 56.9 Å². The number of nitrogens with zero attached hydrogens (tertiary/aromatic N) is 6. The molecule has 0 unspecified atom stereocenters. The van der Waals surface area contributed by atoms with Crippen LogP contribution in [0.3, 0.4) is 0 Å². The molecule has 12 nitrogen and oxygen atoms in total. The molecule has 5 rings (SSSR count). The Bertz CT molecular complexity index is 1650. The second-order valence-corrected chi connectivity index (χ2v) is 11.8. The number of alkyl carbamates (subject to hydrolysis) is 1. The molecule has 1 aliphatic rings. The van der Waals surface area contributed by atoms with E-state index in [-0.39, 0.29) is 23.3 Å². The molecular weight excluding hydrogens is 577 g/mol. The van der Waals surface area contributed by atoms with E-state index >= 15 is 4.39 Å². The molecule has 0 radical (unpaired) electrons. The minimum absolute atomic E-state index is 0.00790. The molecule has 0 bridgehead atoms. The zero-order chi connectivity index (χ0) is 32.0. The van der Waals surface area contributed by atoms with Gasteiger partial charge in [0.15, 0.2) is 17.5 Å². The van der Waals surface area contributed by atoms with Gasteiger partial charge in [-0.05, 0) is 64.7 Å². The second kappa shape index (κ2) is 13.7. The summed E-state index contributed by atoms with van der Waals surface area (Å²) in [7, 11) is 0. The number of pyridine rings is 2. The van der Waals surface area contributed by atoms with Crippen LogP contribution in [0.15, 0.2) is 61.1 Å². The molecule has 4 aromatic rings. The molecule has 3 N–H and O–H groups in total. The summed E-state index contributed by atoms with van der Waals surface area (Å²) in [5.41, 5.74) is 2.12. The minimum Gasteiger partial charge on any atom is -0.444 e. The van der Waals surface area contributed by atoms with Crippen molar-refractivity contribution in [2.75, 3.05) is 10.6 Å². The van der Waals surface area contributed by atoms with Crippen molar-refractivity contribution in [1.29, 1.82) is 5.26 Å². The standard InChI is InChI=1S/C32H36FN9O3/c1-20-26(42-36-13-14-37-42)16-23(18-35-20)38-29-22(17-34)15-24(33)30(41-29)39-25-11-8-12-27(44-19-21-9-6-5-7-10-21)28(25)40-31(43)45-32(2,3)4/h5-7,9-10,13-16,18,25,27-28H,8,11-12,19H2,1-4H3,(H,40,43)(H2,38,39,41)/t25-,27-,28-/m1/s1. The highest BCUT2D eigenvalue weighted by Gasteiger charge is 2.37. The monoisotopic (exact) mass is 613 g/mol. The van der Waals surface area contributed by atoms with Gasteiger partial charge in [-0.25, -0.2) is 14.2 Å². The Balaban J connectivity index is 1.40. The van der Waals surface area contributed by atoms with Gasteiger partial charge in [0, 0.05) is 0 Å². The van der Waals surface area contributed by atoms with Crippen molar-refractivity contribution >= 4 is 23.4 Å². The number of nitrogens with one attached hydrogen (secondary N) is 3. The third-order valence-electron chi connectivity index (χ3n) is 7.20. The zero-order valence-electron chi connectivity index (χ0n) is 25.6. The quantitative estimate of drug-likeness (QED) is 0.219. The molecular formula is C32H36FN9O3. The van der Waals surface area contributed by atoms with Gasteiger partial charge in [-0.1, -0.05) is 30.3 Å². The van der Waals surface area contributed by atoms with Crippen molar-refractivity contribution in [2.24, 2.45) is 0 Å². The first kappa shape index (κ1) is 31.3. The smallest absolute Gasteiger partial charge is 0.408 e. The Morgan fingerprint density at radius 3 is 2.60 bits per heavy atom. The van der Waals surface area contributed by atoms with Gasteiger partial charge in [-0.2, -0.15) is 15.5 Å². The highest BCUT2D eigenvalue weighted by atomic mass is 19.1. The number of carbonyl (C=O) groups is 1. The van der Waals surface area contributed by atoms with E-state index in [2.05, 4.69) is 36.1 Å². The number of halogens is 1. The summed E-state index contributed by atoms with van der Waals surface area (Å²) in [5, 5.41) is 27.3. The lowest BCUT2D eigenvalue weighted by Crippen LogP contribution is -2.57. The van der Waals surface area contributed by atoms with E-state index in [0.717, 1.165) is 18.1 Å². The topological polar surface area (TPSA) is 152 Å². The third-order valence-corrected chi connectivity index (χ3v) is 7.20. The van der Waals surface area contributed by atoms with E-state index in [4.69, 9.17) is 9.47 Å². The summed E-state index contributed by atoms with van der Waals surface area (Å²) < 4.78 is 27.3. The largest absolute Gasteiger partial charge is 0.444 e. The maximum absolute atomic E-state index is 15.4. The van der Waals surface area contributed by atoms with Gasteiger partial charge in [0.25, 0.3) is 0 Å². The first-order valence-corrected chi connectivity index (χ1v) is 14.7. The highest BCUT2D eigenvalue weighted by Crippen LogP contribution is 2.29. The summed E-state index contributed by atoms with van der Waals surface area (Å²) in [6, 6.07) is 13.6. The molecule has 13 heteroatoms. The van der Waals surface area contributed by atoms with E-state index in [1.807, 2.05) is 43.3 Å². The Labute approximate surface area is 261 Å². The van der Waals surface area contributed by atoms with Gasteiger partial charge in [-0.15, -0.1) is 4.80 Å². The minimum atomic E-state index is -0.707. The van der Waals surface area contributed by atoms with E-state index in [1.165, 1.54) is 4.80 Å². The average Bonchev–Trinajstić information content (AvgIpc) is 3.54. The second-order valence-electron chi connectivity index (χ2n) is 11.8. The number of anilines is 3. The number of benzene rings is 1. The van der Waals surface area contributed by atoms with Crippen molar-refractivity contribution in [1.82, 2.24) is 30.3 Å². The Kier molecular flexibility index (Phi) is 9.53. The Morgan fingerprint density at radius 2 is 1.89 bits per heavy atom. The van der Waals surface area contributed by atoms with Gasteiger partial charge in [-0.3, -0.25) is 4.98 Å². The highest BCUT2D eigenvalue weighted by molar-refractivity contribution is 5.69. The van der Waals surface area contributed by atoms with Crippen LogP contribution in [0.25, 0.3) is 5.69 Å².